The zero-order valence-corrected chi connectivity index (χ0v) is 13.9. The van der Waals surface area contributed by atoms with Crippen LogP contribution in [0, 0.1) is 18.8 Å². The maximum absolute atomic E-state index is 4.77. The highest BCUT2D eigenvalue weighted by Gasteiger charge is 2.22. The monoisotopic (exact) mass is 301 g/mol. The number of fused-ring (bicyclic) bond motifs is 1. The Morgan fingerprint density at radius 3 is 2.68 bits per heavy atom. The summed E-state index contributed by atoms with van der Waals surface area (Å²) in [5.74, 6) is 2.91. The molecule has 0 aliphatic carbocycles. The molecule has 1 aromatic rings. The number of rotatable bonds is 3. The molecule has 1 aromatic heterocycles. The van der Waals surface area contributed by atoms with Crippen molar-refractivity contribution in [2.45, 2.75) is 52.5 Å². The highest BCUT2D eigenvalue weighted by Crippen LogP contribution is 2.32. The highest BCUT2D eigenvalue weighted by atomic mass is 15.1. The van der Waals surface area contributed by atoms with E-state index in [-0.39, 0.29) is 0 Å². The van der Waals surface area contributed by atoms with Gasteiger partial charge in [0.2, 0.25) is 0 Å². The summed E-state index contributed by atoms with van der Waals surface area (Å²) >= 11 is 0. The molecule has 5 nitrogen and oxygen atoms in total. The van der Waals surface area contributed by atoms with Crippen LogP contribution in [0.2, 0.25) is 0 Å². The topological polar surface area (TPSA) is 62.2 Å². The Hall–Kier alpha value is -1.49. The van der Waals surface area contributed by atoms with Crippen LogP contribution < -0.4 is 10.6 Å². The summed E-state index contributed by atoms with van der Waals surface area (Å²) in [5.41, 5.74) is 2.07. The lowest BCUT2D eigenvalue weighted by atomic mass is 9.92. The third-order valence-corrected chi connectivity index (χ3v) is 4.71. The number of aromatic nitrogens is 2. The van der Waals surface area contributed by atoms with Crippen LogP contribution in [0.1, 0.15) is 44.6 Å². The molecule has 120 valence electrons. The summed E-state index contributed by atoms with van der Waals surface area (Å²) in [6, 6.07) is 0.485. The zero-order chi connectivity index (χ0) is 15.5. The molecular formula is C17H27N5. The molecule has 1 atom stereocenters. The number of piperidine rings is 1. The van der Waals surface area contributed by atoms with Crippen LogP contribution in [0.3, 0.4) is 0 Å². The van der Waals surface area contributed by atoms with Gasteiger partial charge in [-0.1, -0.05) is 13.8 Å². The lowest BCUT2D eigenvalue weighted by molar-refractivity contribution is 0.472. The number of anilines is 1. The third kappa shape index (κ3) is 3.46. The second-order valence-electron chi connectivity index (χ2n) is 6.81. The second kappa shape index (κ2) is 6.73. The van der Waals surface area contributed by atoms with Crippen molar-refractivity contribution in [1.29, 1.82) is 0 Å². The first kappa shape index (κ1) is 15.4. The molecule has 2 aliphatic rings. The molecular weight excluding hydrogens is 274 g/mol. The predicted molar refractivity (Wildman–Crippen MR) is 91.1 cm³/mol. The van der Waals surface area contributed by atoms with Gasteiger partial charge in [-0.05, 0) is 57.5 Å². The fourth-order valence-corrected chi connectivity index (χ4v) is 3.25. The van der Waals surface area contributed by atoms with Gasteiger partial charge in [0.1, 0.15) is 11.5 Å². The van der Waals surface area contributed by atoms with Crippen molar-refractivity contribution in [2.75, 3.05) is 18.4 Å². The minimum atomic E-state index is 0.485. The van der Waals surface area contributed by atoms with E-state index in [1.54, 1.807) is 0 Å². The Bertz CT molecular complexity index is 546. The minimum absolute atomic E-state index is 0.485. The minimum Gasteiger partial charge on any atom is -0.365 e. The molecule has 0 bridgehead atoms. The molecule has 0 saturated carbocycles. The number of hydrogen-bond acceptors (Lipinski definition) is 5. The Kier molecular flexibility index (Phi) is 4.71. The van der Waals surface area contributed by atoms with E-state index in [0.717, 1.165) is 61.8 Å². The predicted octanol–water partition coefficient (Wildman–Crippen LogP) is 2.87. The van der Waals surface area contributed by atoms with Crippen molar-refractivity contribution in [1.82, 2.24) is 15.3 Å². The number of hydrogen-bond donors (Lipinski definition) is 2. The van der Waals surface area contributed by atoms with Gasteiger partial charge in [-0.3, -0.25) is 4.99 Å². The molecule has 0 aromatic carbocycles. The van der Waals surface area contributed by atoms with Crippen molar-refractivity contribution in [2.24, 2.45) is 16.8 Å². The van der Waals surface area contributed by atoms with Gasteiger partial charge in [-0.25, -0.2) is 9.97 Å². The highest BCUT2D eigenvalue weighted by molar-refractivity contribution is 5.74. The van der Waals surface area contributed by atoms with Gasteiger partial charge in [0.25, 0.3) is 0 Å². The fourth-order valence-electron chi connectivity index (χ4n) is 3.25. The number of nitrogens with zero attached hydrogens (tertiary/aromatic N) is 3. The van der Waals surface area contributed by atoms with Crippen LogP contribution >= 0.6 is 0 Å². The Morgan fingerprint density at radius 2 is 1.95 bits per heavy atom. The smallest absolute Gasteiger partial charge is 0.156 e. The van der Waals surface area contributed by atoms with E-state index in [4.69, 9.17) is 4.99 Å². The molecule has 1 fully saturated rings. The Balaban J connectivity index is 1.87. The summed E-state index contributed by atoms with van der Waals surface area (Å²) in [5, 5.41) is 7.02. The van der Waals surface area contributed by atoms with Crippen molar-refractivity contribution >= 4 is 17.7 Å². The molecule has 0 spiro atoms. The number of aliphatic imine (C=N–C) groups is 1. The van der Waals surface area contributed by atoms with Gasteiger partial charge < -0.3 is 10.6 Å². The first-order chi connectivity index (χ1) is 10.6. The lowest BCUT2D eigenvalue weighted by Crippen LogP contribution is -2.35. The molecule has 1 saturated heterocycles. The van der Waals surface area contributed by atoms with E-state index in [1.807, 2.05) is 6.92 Å². The number of nitrogens with one attached hydrogen (secondary N) is 2. The van der Waals surface area contributed by atoms with Gasteiger partial charge in [0.05, 0.1) is 5.69 Å². The summed E-state index contributed by atoms with van der Waals surface area (Å²) in [4.78, 5) is 14.0. The van der Waals surface area contributed by atoms with E-state index in [1.165, 1.54) is 0 Å². The fraction of sp³-hybridized carbons (Fsp3) is 0.706. The summed E-state index contributed by atoms with van der Waals surface area (Å²) in [6.45, 7) is 8.64. The zero-order valence-electron chi connectivity index (χ0n) is 13.9. The van der Waals surface area contributed by atoms with Crippen LogP contribution in [0.25, 0.3) is 0 Å². The van der Waals surface area contributed by atoms with Gasteiger partial charge >= 0.3 is 0 Å². The molecule has 0 amide bonds. The molecule has 3 heterocycles. The van der Waals surface area contributed by atoms with Crippen LogP contribution in [0.5, 0.6) is 0 Å². The van der Waals surface area contributed by atoms with E-state index >= 15 is 0 Å². The van der Waals surface area contributed by atoms with Gasteiger partial charge in [0, 0.05) is 12.3 Å². The maximum Gasteiger partial charge on any atom is 0.156 e. The number of aryl methyl sites for hydroxylation is 2. The average Bonchev–Trinajstić information content (AvgIpc) is 2.71. The third-order valence-electron chi connectivity index (χ3n) is 4.71. The molecule has 2 N–H and O–H groups in total. The van der Waals surface area contributed by atoms with Crippen molar-refractivity contribution in [3.63, 3.8) is 0 Å². The van der Waals surface area contributed by atoms with E-state index in [9.17, 15) is 0 Å². The Morgan fingerprint density at radius 1 is 1.18 bits per heavy atom. The largest absolute Gasteiger partial charge is 0.365 e. The summed E-state index contributed by atoms with van der Waals surface area (Å²) < 4.78 is 0. The van der Waals surface area contributed by atoms with Crippen LogP contribution in [-0.2, 0) is 6.42 Å². The first-order valence-electron chi connectivity index (χ1n) is 8.52. The van der Waals surface area contributed by atoms with Crippen molar-refractivity contribution in [3.05, 3.63) is 11.5 Å². The van der Waals surface area contributed by atoms with Gasteiger partial charge in [0.15, 0.2) is 5.82 Å². The molecule has 0 radical (unpaired) electrons. The standard InChI is InChI=1S/C17H27N5/c1-11(2)13-4-5-15-16(19-10-13)17(21-12(3)20-15)22-14-6-8-18-9-7-14/h10-11,13-14,18H,4-9H2,1-3H3,(H,20,21,22). The molecule has 2 aliphatic heterocycles. The van der Waals surface area contributed by atoms with E-state index in [0.29, 0.717) is 17.9 Å². The van der Waals surface area contributed by atoms with Gasteiger partial charge in [-0.15, -0.1) is 0 Å². The van der Waals surface area contributed by atoms with Crippen molar-refractivity contribution < 1.29 is 0 Å². The summed E-state index contributed by atoms with van der Waals surface area (Å²) in [7, 11) is 0. The van der Waals surface area contributed by atoms with E-state index in [2.05, 4.69) is 40.7 Å². The maximum atomic E-state index is 4.77. The molecule has 1 unspecified atom stereocenters. The average molecular weight is 301 g/mol. The molecule has 22 heavy (non-hydrogen) atoms. The van der Waals surface area contributed by atoms with E-state index < -0.39 is 0 Å². The summed E-state index contributed by atoms with van der Waals surface area (Å²) in [6.07, 6.45) is 6.50. The van der Waals surface area contributed by atoms with Crippen LogP contribution in [0.4, 0.5) is 11.5 Å². The normalized spacial score (nSPS) is 22.5. The lowest BCUT2D eigenvalue weighted by Gasteiger charge is -2.25. The van der Waals surface area contributed by atoms with Crippen molar-refractivity contribution in [3.8, 4) is 0 Å². The SMILES string of the molecule is Cc1nc2c(c(NC3CCNCC3)n1)N=CC(C(C)C)CC2. The quantitative estimate of drug-likeness (QED) is 0.901. The van der Waals surface area contributed by atoms with Crippen LogP contribution in [-0.4, -0.2) is 35.3 Å². The molecule has 3 rings (SSSR count). The van der Waals surface area contributed by atoms with Crippen LogP contribution in [0.15, 0.2) is 4.99 Å². The molecule has 5 heteroatoms. The second-order valence-corrected chi connectivity index (χ2v) is 6.81. The Labute approximate surface area is 133 Å². The van der Waals surface area contributed by atoms with Gasteiger partial charge in [-0.2, -0.15) is 0 Å². The first-order valence-corrected chi connectivity index (χ1v) is 8.52.